The van der Waals surface area contributed by atoms with Gasteiger partial charge in [-0.25, -0.2) is 9.67 Å². The third-order valence-electron chi connectivity index (χ3n) is 4.16. The zero-order valence-electron chi connectivity index (χ0n) is 13.5. The largest absolute Gasteiger partial charge is 0.396 e. The molecule has 0 saturated heterocycles. The van der Waals surface area contributed by atoms with E-state index in [-0.39, 0.29) is 30.9 Å². The predicted octanol–water partition coefficient (Wildman–Crippen LogP) is 1.87. The molecule has 0 spiro atoms. The van der Waals surface area contributed by atoms with Gasteiger partial charge in [0.25, 0.3) is 0 Å². The molecule has 6 heteroatoms. The van der Waals surface area contributed by atoms with Crippen molar-refractivity contribution in [2.45, 2.75) is 32.9 Å². The molecule has 1 amide bonds. The second-order valence-electron chi connectivity index (χ2n) is 6.13. The van der Waals surface area contributed by atoms with Crippen LogP contribution in [0.25, 0.3) is 11.4 Å². The standard InChI is InChI=1S/C17H22N4O2/c1-12(2)15-17-18-16(13-6-4-3-5-7-13)19-21(17)10-9-20(15)14(23)8-11-22/h3-7,12,15,22H,8-11H2,1-2H3/t15-/m0/s1. The van der Waals surface area contributed by atoms with Gasteiger partial charge in [-0.15, -0.1) is 0 Å². The van der Waals surface area contributed by atoms with E-state index in [1.807, 2.05) is 39.9 Å². The van der Waals surface area contributed by atoms with Crippen molar-refractivity contribution in [1.29, 1.82) is 0 Å². The summed E-state index contributed by atoms with van der Waals surface area (Å²) < 4.78 is 1.91. The molecule has 122 valence electrons. The van der Waals surface area contributed by atoms with E-state index in [0.717, 1.165) is 11.4 Å². The quantitative estimate of drug-likeness (QED) is 0.935. The van der Waals surface area contributed by atoms with Crippen molar-refractivity contribution in [1.82, 2.24) is 19.7 Å². The molecule has 1 aliphatic heterocycles. The maximum absolute atomic E-state index is 12.3. The Hall–Kier alpha value is -2.21. The van der Waals surface area contributed by atoms with E-state index in [4.69, 9.17) is 10.1 Å². The Morgan fingerprint density at radius 3 is 2.70 bits per heavy atom. The average molecular weight is 314 g/mol. The summed E-state index contributed by atoms with van der Waals surface area (Å²) in [5.41, 5.74) is 0.977. The topological polar surface area (TPSA) is 71.2 Å². The third-order valence-corrected chi connectivity index (χ3v) is 4.16. The lowest BCUT2D eigenvalue weighted by Gasteiger charge is -2.37. The van der Waals surface area contributed by atoms with E-state index in [2.05, 4.69) is 18.9 Å². The number of fused-ring (bicyclic) bond motifs is 1. The van der Waals surface area contributed by atoms with Crippen LogP contribution in [-0.2, 0) is 11.3 Å². The summed E-state index contributed by atoms with van der Waals surface area (Å²) >= 11 is 0. The van der Waals surface area contributed by atoms with Crippen molar-refractivity contribution in [2.24, 2.45) is 5.92 Å². The van der Waals surface area contributed by atoms with Crippen LogP contribution in [0, 0.1) is 5.92 Å². The Labute approximate surface area is 135 Å². The van der Waals surface area contributed by atoms with E-state index in [1.54, 1.807) is 0 Å². The molecular formula is C17H22N4O2. The van der Waals surface area contributed by atoms with Crippen LogP contribution in [0.15, 0.2) is 30.3 Å². The fourth-order valence-electron chi connectivity index (χ4n) is 3.11. The highest BCUT2D eigenvalue weighted by atomic mass is 16.3. The van der Waals surface area contributed by atoms with Crippen LogP contribution < -0.4 is 0 Å². The highest BCUT2D eigenvalue weighted by Gasteiger charge is 2.35. The highest BCUT2D eigenvalue weighted by Crippen LogP contribution is 2.32. The van der Waals surface area contributed by atoms with E-state index >= 15 is 0 Å². The molecule has 23 heavy (non-hydrogen) atoms. The minimum atomic E-state index is -0.123. The molecule has 1 N–H and O–H groups in total. The van der Waals surface area contributed by atoms with Crippen LogP contribution >= 0.6 is 0 Å². The van der Waals surface area contributed by atoms with Gasteiger partial charge in [0.05, 0.1) is 19.2 Å². The molecule has 0 saturated carbocycles. The van der Waals surface area contributed by atoms with Gasteiger partial charge in [-0.05, 0) is 5.92 Å². The first kappa shape index (κ1) is 15.7. The van der Waals surface area contributed by atoms with Gasteiger partial charge in [-0.3, -0.25) is 4.79 Å². The summed E-state index contributed by atoms with van der Waals surface area (Å²) in [7, 11) is 0. The molecule has 2 heterocycles. The number of nitrogens with zero attached hydrogens (tertiary/aromatic N) is 4. The summed E-state index contributed by atoms with van der Waals surface area (Å²) in [4.78, 5) is 18.9. The molecule has 0 fully saturated rings. The summed E-state index contributed by atoms with van der Waals surface area (Å²) in [6, 6.07) is 9.76. The Kier molecular flexibility index (Phi) is 4.43. The maximum Gasteiger partial charge on any atom is 0.225 e. The van der Waals surface area contributed by atoms with Crippen molar-refractivity contribution in [3.8, 4) is 11.4 Å². The van der Waals surface area contributed by atoms with Gasteiger partial charge in [0.15, 0.2) is 11.6 Å². The predicted molar refractivity (Wildman–Crippen MR) is 86.5 cm³/mol. The first-order valence-electron chi connectivity index (χ1n) is 8.02. The van der Waals surface area contributed by atoms with E-state index in [1.165, 1.54) is 0 Å². The summed E-state index contributed by atoms with van der Waals surface area (Å²) in [6.45, 7) is 5.27. The molecule has 1 atom stereocenters. The van der Waals surface area contributed by atoms with Gasteiger partial charge in [0.2, 0.25) is 5.91 Å². The fraction of sp³-hybridized carbons (Fsp3) is 0.471. The first-order chi connectivity index (χ1) is 11.1. The van der Waals surface area contributed by atoms with Crippen molar-refractivity contribution in [2.75, 3.05) is 13.2 Å². The minimum absolute atomic E-state index is 0.0262. The van der Waals surface area contributed by atoms with Gasteiger partial charge < -0.3 is 10.0 Å². The monoisotopic (exact) mass is 314 g/mol. The van der Waals surface area contributed by atoms with E-state index in [0.29, 0.717) is 18.9 Å². The molecule has 1 aromatic heterocycles. The number of amides is 1. The van der Waals surface area contributed by atoms with Crippen molar-refractivity contribution in [3.05, 3.63) is 36.2 Å². The van der Waals surface area contributed by atoms with Gasteiger partial charge in [-0.2, -0.15) is 5.10 Å². The summed E-state index contributed by atoms with van der Waals surface area (Å²) in [5.74, 6) is 1.73. The van der Waals surface area contributed by atoms with Crippen LogP contribution in [0.1, 0.15) is 32.1 Å². The molecule has 0 unspecified atom stereocenters. The Morgan fingerprint density at radius 1 is 1.30 bits per heavy atom. The van der Waals surface area contributed by atoms with Gasteiger partial charge in [0, 0.05) is 18.5 Å². The highest BCUT2D eigenvalue weighted by molar-refractivity contribution is 5.77. The lowest BCUT2D eigenvalue weighted by atomic mass is 9.99. The molecule has 1 aromatic carbocycles. The van der Waals surface area contributed by atoms with Crippen LogP contribution in [-0.4, -0.2) is 43.8 Å². The maximum atomic E-state index is 12.3. The summed E-state index contributed by atoms with van der Waals surface area (Å²) in [6.07, 6.45) is 0.156. The number of benzene rings is 1. The lowest BCUT2D eigenvalue weighted by Crippen LogP contribution is -2.44. The van der Waals surface area contributed by atoms with Crippen molar-refractivity contribution < 1.29 is 9.90 Å². The molecule has 3 rings (SSSR count). The first-order valence-corrected chi connectivity index (χ1v) is 8.02. The third kappa shape index (κ3) is 2.99. The number of aliphatic hydroxyl groups is 1. The molecule has 0 radical (unpaired) electrons. The number of rotatable bonds is 4. The second-order valence-corrected chi connectivity index (χ2v) is 6.13. The number of hydrogen-bond acceptors (Lipinski definition) is 4. The number of carbonyl (C=O) groups excluding carboxylic acids is 1. The van der Waals surface area contributed by atoms with E-state index < -0.39 is 0 Å². The van der Waals surface area contributed by atoms with E-state index in [9.17, 15) is 4.79 Å². The Morgan fingerprint density at radius 2 is 2.04 bits per heavy atom. The van der Waals surface area contributed by atoms with Crippen molar-refractivity contribution >= 4 is 5.91 Å². The number of aliphatic hydroxyl groups excluding tert-OH is 1. The van der Waals surface area contributed by atoms with Crippen LogP contribution in [0.5, 0.6) is 0 Å². The van der Waals surface area contributed by atoms with Crippen molar-refractivity contribution in [3.63, 3.8) is 0 Å². The van der Waals surface area contributed by atoms with Crippen LogP contribution in [0.3, 0.4) is 0 Å². The zero-order valence-corrected chi connectivity index (χ0v) is 13.5. The Balaban J connectivity index is 1.97. The number of aromatic nitrogens is 3. The van der Waals surface area contributed by atoms with Gasteiger partial charge in [-0.1, -0.05) is 44.2 Å². The second kappa shape index (κ2) is 6.50. The normalized spacial score (nSPS) is 17.4. The SMILES string of the molecule is CC(C)[C@H]1c2nc(-c3ccccc3)nn2CCN1C(=O)CCO. The zero-order chi connectivity index (χ0) is 16.4. The van der Waals surface area contributed by atoms with Crippen LogP contribution in [0.2, 0.25) is 0 Å². The Bertz CT molecular complexity index is 681. The lowest BCUT2D eigenvalue weighted by molar-refractivity contribution is -0.137. The molecule has 0 aliphatic carbocycles. The molecular weight excluding hydrogens is 292 g/mol. The van der Waals surface area contributed by atoms with Gasteiger partial charge >= 0.3 is 0 Å². The summed E-state index contributed by atoms with van der Waals surface area (Å²) in [5, 5.41) is 13.7. The number of carbonyl (C=O) groups is 1. The number of hydrogen-bond donors (Lipinski definition) is 1. The molecule has 6 nitrogen and oxygen atoms in total. The fourth-order valence-corrected chi connectivity index (χ4v) is 3.11. The van der Waals surface area contributed by atoms with Crippen LogP contribution in [0.4, 0.5) is 0 Å². The average Bonchev–Trinajstić information content (AvgIpc) is 2.98. The van der Waals surface area contributed by atoms with Gasteiger partial charge in [0.1, 0.15) is 0 Å². The minimum Gasteiger partial charge on any atom is -0.396 e. The smallest absolute Gasteiger partial charge is 0.225 e. The molecule has 0 bridgehead atoms. The molecule has 2 aromatic rings. The molecule has 1 aliphatic rings.